The first-order chi connectivity index (χ1) is 30.7. The molecule has 0 aliphatic carbocycles. The van der Waals surface area contributed by atoms with Crippen LogP contribution in [0.1, 0.15) is 0 Å². The highest BCUT2D eigenvalue weighted by Gasteiger charge is 2.20. The Balaban J connectivity index is 1.07. The summed E-state index contributed by atoms with van der Waals surface area (Å²) >= 11 is 1.86. The van der Waals surface area contributed by atoms with E-state index in [0.29, 0.717) is 0 Å². The highest BCUT2D eigenvalue weighted by molar-refractivity contribution is 7.25. The van der Waals surface area contributed by atoms with Crippen molar-refractivity contribution in [1.82, 2.24) is 0 Å². The number of anilines is 3. The lowest BCUT2D eigenvalue weighted by molar-refractivity contribution is 1.29. The van der Waals surface area contributed by atoms with E-state index in [-0.39, 0.29) is 0 Å². The van der Waals surface area contributed by atoms with Crippen LogP contribution in [-0.2, 0) is 0 Å². The largest absolute Gasteiger partial charge is 0.310 e. The third-order valence-electron chi connectivity index (χ3n) is 12.4. The minimum atomic E-state index is 1.10. The van der Waals surface area contributed by atoms with E-state index in [9.17, 15) is 0 Å². The highest BCUT2D eigenvalue weighted by atomic mass is 32.1. The van der Waals surface area contributed by atoms with Crippen LogP contribution in [0.4, 0.5) is 17.1 Å². The summed E-state index contributed by atoms with van der Waals surface area (Å²) < 4.78 is 2.60. The van der Waals surface area contributed by atoms with E-state index in [4.69, 9.17) is 0 Å². The third kappa shape index (κ3) is 6.15. The second kappa shape index (κ2) is 15.0. The van der Waals surface area contributed by atoms with Gasteiger partial charge in [0.25, 0.3) is 0 Å². The van der Waals surface area contributed by atoms with Crippen LogP contribution >= 0.6 is 11.3 Å². The van der Waals surface area contributed by atoms with Gasteiger partial charge in [0, 0.05) is 37.2 Å². The summed E-state index contributed by atoms with van der Waals surface area (Å²) in [7, 11) is 0. The molecule has 0 fully saturated rings. The first kappa shape index (κ1) is 36.1. The zero-order chi connectivity index (χ0) is 41.0. The Bertz CT molecular complexity index is 3630. The smallest absolute Gasteiger partial charge is 0.0468 e. The molecule has 1 aromatic heterocycles. The second-order valence-corrected chi connectivity index (χ2v) is 17.1. The number of hydrogen-bond donors (Lipinski definition) is 0. The fourth-order valence-corrected chi connectivity index (χ4v) is 10.7. The summed E-state index contributed by atoms with van der Waals surface area (Å²) in [5.41, 5.74) is 13.0. The van der Waals surface area contributed by atoms with Gasteiger partial charge < -0.3 is 4.90 Å². The average molecular weight is 806 g/mol. The number of nitrogens with zero attached hydrogens (tertiary/aromatic N) is 1. The van der Waals surface area contributed by atoms with Gasteiger partial charge in [0.15, 0.2) is 0 Å². The van der Waals surface area contributed by atoms with Crippen LogP contribution < -0.4 is 4.90 Å². The molecule has 0 spiro atoms. The van der Waals surface area contributed by atoms with E-state index in [0.717, 1.165) is 22.6 Å². The number of fused-ring (bicyclic) bond motifs is 7. The Hall–Kier alpha value is -7.78. The molecule has 0 saturated heterocycles. The first-order valence-corrected chi connectivity index (χ1v) is 22.1. The van der Waals surface area contributed by atoms with Gasteiger partial charge >= 0.3 is 0 Å². The van der Waals surface area contributed by atoms with E-state index >= 15 is 0 Å². The molecule has 0 unspecified atom stereocenters. The van der Waals surface area contributed by atoms with Crippen LogP contribution in [0.25, 0.3) is 97.0 Å². The van der Waals surface area contributed by atoms with E-state index in [1.54, 1.807) is 0 Å². The fourth-order valence-electron chi connectivity index (χ4n) is 9.59. The highest BCUT2D eigenvalue weighted by Crippen LogP contribution is 2.47. The Morgan fingerprint density at radius 3 is 1.55 bits per heavy atom. The molecular formula is C60H39NS. The molecule has 0 bridgehead atoms. The SMILES string of the molecule is c1ccc(-c2c(-c3ccccc3)c3cc(-c4cccc(N(c5cccc(-c6cccc7ccccc67)c5)c5ccc6sc7ccccc7c6c5)c4)ccc3c3ccccc23)cc1. The summed E-state index contributed by atoms with van der Waals surface area (Å²) in [5, 5.41) is 10.1. The predicted molar refractivity (Wildman–Crippen MR) is 268 cm³/mol. The molecule has 0 atom stereocenters. The van der Waals surface area contributed by atoms with Gasteiger partial charge in [0.05, 0.1) is 0 Å². The van der Waals surface area contributed by atoms with Crippen molar-refractivity contribution in [1.29, 1.82) is 0 Å². The minimum absolute atomic E-state index is 1.10. The summed E-state index contributed by atoms with van der Waals surface area (Å²) in [6, 6.07) is 86.8. The lowest BCUT2D eigenvalue weighted by atomic mass is 9.84. The van der Waals surface area contributed by atoms with Gasteiger partial charge in [0.2, 0.25) is 0 Å². The van der Waals surface area contributed by atoms with Crippen molar-refractivity contribution < 1.29 is 0 Å². The van der Waals surface area contributed by atoms with Gasteiger partial charge in [-0.1, -0.05) is 182 Å². The van der Waals surface area contributed by atoms with Crippen molar-refractivity contribution in [3.63, 3.8) is 0 Å². The number of rotatable bonds is 7. The zero-order valence-corrected chi connectivity index (χ0v) is 34.7. The summed E-state index contributed by atoms with van der Waals surface area (Å²) in [5.74, 6) is 0. The summed E-state index contributed by atoms with van der Waals surface area (Å²) in [6.07, 6.45) is 0. The van der Waals surface area contributed by atoms with Gasteiger partial charge in [-0.25, -0.2) is 0 Å². The van der Waals surface area contributed by atoms with Crippen molar-refractivity contribution in [3.8, 4) is 44.5 Å². The van der Waals surface area contributed by atoms with E-state index in [1.807, 2.05) is 11.3 Å². The molecule has 0 N–H and O–H groups in total. The van der Waals surface area contributed by atoms with Gasteiger partial charge in [-0.3, -0.25) is 0 Å². The maximum atomic E-state index is 2.43. The van der Waals surface area contributed by atoms with Gasteiger partial charge in [-0.05, 0) is 131 Å². The van der Waals surface area contributed by atoms with Crippen molar-refractivity contribution in [2.24, 2.45) is 0 Å². The van der Waals surface area contributed by atoms with Crippen LogP contribution in [0.2, 0.25) is 0 Å². The Morgan fingerprint density at radius 1 is 0.258 bits per heavy atom. The van der Waals surface area contributed by atoms with E-state index in [1.165, 1.54) is 91.4 Å². The molecule has 1 heterocycles. The molecule has 2 heteroatoms. The minimum Gasteiger partial charge on any atom is -0.310 e. The fraction of sp³-hybridized carbons (Fsp3) is 0. The molecule has 11 aromatic carbocycles. The third-order valence-corrected chi connectivity index (χ3v) is 13.6. The predicted octanol–water partition coefficient (Wildman–Crippen LogP) is 17.7. The number of hydrogen-bond acceptors (Lipinski definition) is 2. The van der Waals surface area contributed by atoms with Crippen LogP contribution in [0.15, 0.2) is 237 Å². The molecule has 0 amide bonds. The molecular weight excluding hydrogens is 767 g/mol. The van der Waals surface area contributed by atoms with E-state index in [2.05, 4.69) is 241 Å². The van der Waals surface area contributed by atoms with Crippen molar-refractivity contribution in [2.75, 3.05) is 4.90 Å². The summed E-state index contributed by atoms with van der Waals surface area (Å²) in [6.45, 7) is 0. The number of benzene rings is 11. The maximum Gasteiger partial charge on any atom is 0.0468 e. The quantitative estimate of drug-likeness (QED) is 0.145. The van der Waals surface area contributed by atoms with E-state index < -0.39 is 0 Å². The lowest BCUT2D eigenvalue weighted by Crippen LogP contribution is -2.10. The standard InChI is InChI=1S/C60H39NS/c1-3-17-41(18-4-1)59-54-29-10-9-27-51(54)52-34-32-44(38-56(52)60(59)42-19-5-2-6-20-42)43-22-13-24-46(36-43)61(48-33-35-58-55(39-48)53-28-11-12-31-57(53)62-58)47-25-14-23-45(37-47)50-30-15-21-40-16-7-8-26-49(40)50/h1-39H. The normalized spacial score (nSPS) is 11.5. The van der Waals surface area contributed by atoms with Crippen molar-refractivity contribution >= 4 is 80.9 Å². The lowest BCUT2D eigenvalue weighted by Gasteiger charge is -2.27. The van der Waals surface area contributed by atoms with Gasteiger partial charge in [-0.15, -0.1) is 11.3 Å². The van der Waals surface area contributed by atoms with Crippen molar-refractivity contribution in [3.05, 3.63) is 237 Å². The molecule has 62 heavy (non-hydrogen) atoms. The van der Waals surface area contributed by atoms with Gasteiger partial charge in [-0.2, -0.15) is 0 Å². The van der Waals surface area contributed by atoms with Crippen LogP contribution in [0, 0.1) is 0 Å². The maximum absolute atomic E-state index is 2.43. The zero-order valence-electron chi connectivity index (χ0n) is 33.9. The van der Waals surface area contributed by atoms with Crippen LogP contribution in [0.3, 0.4) is 0 Å². The molecule has 0 aliphatic rings. The molecule has 12 rings (SSSR count). The van der Waals surface area contributed by atoms with Crippen molar-refractivity contribution in [2.45, 2.75) is 0 Å². The molecule has 1 nitrogen and oxygen atoms in total. The number of thiophene rings is 1. The molecule has 0 radical (unpaired) electrons. The second-order valence-electron chi connectivity index (χ2n) is 16.0. The summed E-state index contributed by atoms with van der Waals surface area (Å²) in [4.78, 5) is 2.43. The Morgan fingerprint density at radius 2 is 0.774 bits per heavy atom. The molecule has 0 saturated carbocycles. The van der Waals surface area contributed by atoms with Gasteiger partial charge in [0.1, 0.15) is 0 Å². The average Bonchev–Trinajstić information content (AvgIpc) is 3.72. The van der Waals surface area contributed by atoms with Crippen LogP contribution in [0.5, 0.6) is 0 Å². The Labute approximate surface area is 365 Å². The Kier molecular flexibility index (Phi) is 8.76. The monoisotopic (exact) mass is 805 g/mol. The topological polar surface area (TPSA) is 3.24 Å². The molecule has 12 aromatic rings. The first-order valence-electron chi connectivity index (χ1n) is 21.2. The molecule has 290 valence electrons. The molecule has 0 aliphatic heterocycles. The van der Waals surface area contributed by atoms with Crippen LogP contribution in [-0.4, -0.2) is 0 Å².